The van der Waals surface area contributed by atoms with Gasteiger partial charge in [-0.2, -0.15) is 0 Å². The lowest BCUT2D eigenvalue weighted by atomic mass is 10.2. The first-order valence-corrected chi connectivity index (χ1v) is 3.13. The maximum atomic E-state index is 9.73. The van der Waals surface area contributed by atoms with E-state index < -0.39 is 0 Å². The van der Waals surface area contributed by atoms with Gasteiger partial charge < -0.3 is 0 Å². The standard InChI is InChI=1S/C8H12O/c1-2-3-4-5-6-7-8-9/h2,6-8H,1,3-5H2/b7-6-. The van der Waals surface area contributed by atoms with Crippen LogP contribution in [0.3, 0.4) is 0 Å². The van der Waals surface area contributed by atoms with E-state index in [-0.39, 0.29) is 0 Å². The third-order valence-electron chi connectivity index (χ3n) is 0.994. The summed E-state index contributed by atoms with van der Waals surface area (Å²) in [7, 11) is 0. The number of rotatable bonds is 5. The number of hydrogen-bond acceptors (Lipinski definition) is 1. The molecule has 50 valence electrons. The third-order valence-corrected chi connectivity index (χ3v) is 0.994. The van der Waals surface area contributed by atoms with Gasteiger partial charge in [-0.1, -0.05) is 12.2 Å². The minimum absolute atomic E-state index is 0.800. The summed E-state index contributed by atoms with van der Waals surface area (Å²) in [5, 5.41) is 0. The van der Waals surface area contributed by atoms with Crippen LogP contribution in [-0.2, 0) is 4.79 Å². The third kappa shape index (κ3) is 7.15. The maximum Gasteiger partial charge on any atom is 0.142 e. The Bertz CT molecular complexity index is 103. The Morgan fingerprint density at radius 3 is 2.67 bits per heavy atom. The molecule has 0 rings (SSSR count). The first-order valence-electron chi connectivity index (χ1n) is 3.13. The van der Waals surface area contributed by atoms with Crippen LogP contribution < -0.4 is 0 Å². The van der Waals surface area contributed by atoms with Crippen molar-refractivity contribution in [3.63, 3.8) is 0 Å². The van der Waals surface area contributed by atoms with E-state index in [4.69, 9.17) is 0 Å². The molecule has 0 fully saturated rings. The van der Waals surface area contributed by atoms with Crippen LogP contribution in [0.4, 0.5) is 0 Å². The summed E-state index contributed by atoms with van der Waals surface area (Å²) < 4.78 is 0. The van der Waals surface area contributed by atoms with Gasteiger partial charge in [-0.05, 0) is 25.3 Å². The van der Waals surface area contributed by atoms with Gasteiger partial charge in [0.1, 0.15) is 6.29 Å². The summed E-state index contributed by atoms with van der Waals surface area (Å²) in [5.41, 5.74) is 0. The SMILES string of the molecule is C=CCCC/C=C\C=O. The van der Waals surface area contributed by atoms with Crippen molar-refractivity contribution in [1.29, 1.82) is 0 Å². The van der Waals surface area contributed by atoms with E-state index in [1.165, 1.54) is 6.08 Å². The van der Waals surface area contributed by atoms with Crippen molar-refractivity contribution in [2.24, 2.45) is 0 Å². The van der Waals surface area contributed by atoms with Crippen LogP contribution in [0.15, 0.2) is 24.8 Å². The molecule has 0 radical (unpaired) electrons. The van der Waals surface area contributed by atoms with Crippen molar-refractivity contribution < 1.29 is 4.79 Å². The highest BCUT2D eigenvalue weighted by atomic mass is 16.1. The van der Waals surface area contributed by atoms with E-state index in [1.807, 2.05) is 12.2 Å². The quantitative estimate of drug-likeness (QED) is 0.237. The highest BCUT2D eigenvalue weighted by Gasteiger charge is 1.76. The van der Waals surface area contributed by atoms with Crippen molar-refractivity contribution in [1.82, 2.24) is 0 Å². The zero-order valence-corrected chi connectivity index (χ0v) is 5.55. The van der Waals surface area contributed by atoms with Gasteiger partial charge in [0.2, 0.25) is 0 Å². The van der Waals surface area contributed by atoms with E-state index in [9.17, 15) is 4.79 Å². The first-order chi connectivity index (χ1) is 4.41. The van der Waals surface area contributed by atoms with Crippen molar-refractivity contribution in [2.75, 3.05) is 0 Å². The topological polar surface area (TPSA) is 17.1 Å². The molecule has 0 amide bonds. The molecule has 0 spiro atoms. The van der Waals surface area contributed by atoms with E-state index in [1.54, 1.807) is 0 Å². The Morgan fingerprint density at radius 1 is 1.33 bits per heavy atom. The second kappa shape index (κ2) is 7.15. The second-order valence-corrected chi connectivity index (χ2v) is 1.78. The molecule has 0 aromatic rings. The Labute approximate surface area is 56.1 Å². The van der Waals surface area contributed by atoms with Gasteiger partial charge in [0.25, 0.3) is 0 Å². The van der Waals surface area contributed by atoms with Crippen LogP contribution in [0.1, 0.15) is 19.3 Å². The molecule has 0 heterocycles. The molecular formula is C8H12O. The number of allylic oxidation sites excluding steroid dienone is 3. The van der Waals surface area contributed by atoms with E-state index >= 15 is 0 Å². The van der Waals surface area contributed by atoms with Crippen molar-refractivity contribution in [3.05, 3.63) is 24.8 Å². The average molecular weight is 124 g/mol. The summed E-state index contributed by atoms with van der Waals surface area (Å²) >= 11 is 0. The summed E-state index contributed by atoms with van der Waals surface area (Å²) in [6.07, 6.45) is 9.18. The molecule has 0 unspecified atom stereocenters. The molecule has 0 saturated heterocycles. The van der Waals surface area contributed by atoms with Gasteiger partial charge in [0, 0.05) is 0 Å². The first kappa shape index (κ1) is 8.15. The van der Waals surface area contributed by atoms with Crippen LogP contribution in [0, 0.1) is 0 Å². The molecule has 0 aliphatic heterocycles. The zero-order chi connectivity index (χ0) is 6.95. The van der Waals surface area contributed by atoms with Gasteiger partial charge in [-0.25, -0.2) is 0 Å². The highest BCUT2D eigenvalue weighted by Crippen LogP contribution is 1.95. The summed E-state index contributed by atoms with van der Waals surface area (Å²) in [6.45, 7) is 3.58. The highest BCUT2D eigenvalue weighted by molar-refractivity contribution is 5.64. The molecule has 9 heavy (non-hydrogen) atoms. The number of hydrogen-bond donors (Lipinski definition) is 0. The van der Waals surface area contributed by atoms with Gasteiger partial charge in [-0.3, -0.25) is 4.79 Å². The monoisotopic (exact) mass is 124 g/mol. The lowest BCUT2D eigenvalue weighted by molar-refractivity contribution is -0.104. The Hall–Kier alpha value is -0.850. The molecule has 0 N–H and O–H groups in total. The lowest BCUT2D eigenvalue weighted by Crippen LogP contribution is -1.67. The van der Waals surface area contributed by atoms with Crippen LogP contribution in [0.25, 0.3) is 0 Å². The molecule has 0 atom stereocenters. The van der Waals surface area contributed by atoms with E-state index in [0.29, 0.717) is 0 Å². The number of unbranched alkanes of at least 4 members (excludes halogenated alkanes) is 2. The van der Waals surface area contributed by atoms with E-state index in [2.05, 4.69) is 6.58 Å². The van der Waals surface area contributed by atoms with Crippen molar-refractivity contribution >= 4 is 6.29 Å². The largest absolute Gasteiger partial charge is 0.299 e. The van der Waals surface area contributed by atoms with Crippen LogP contribution >= 0.6 is 0 Å². The fourth-order valence-electron chi connectivity index (χ4n) is 0.532. The summed E-state index contributed by atoms with van der Waals surface area (Å²) in [6, 6.07) is 0. The minimum Gasteiger partial charge on any atom is -0.299 e. The molecule has 0 aromatic carbocycles. The summed E-state index contributed by atoms with van der Waals surface area (Å²) in [5.74, 6) is 0. The minimum atomic E-state index is 0.800. The van der Waals surface area contributed by atoms with Crippen LogP contribution in [0.5, 0.6) is 0 Å². The fourth-order valence-corrected chi connectivity index (χ4v) is 0.532. The normalized spacial score (nSPS) is 9.78. The molecule has 0 aliphatic rings. The van der Waals surface area contributed by atoms with Crippen LogP contribution in [0.2, 0.25) is 0 Å². The number of carbonyl (C=O) groups is 1. The van der Waals surface area contributed by atoms with Gasteiger partial charge in [0.05, 0.1) is 0 Å². The smallest absolute Gasteiger partial charge is 0.142 e. The van der Waals surface area contributed by atoms with Gasteiger partial charge >= 0.3 is 0 Å². The molecular weight excluding hydrogens is 112 g/mol. The Kier molecular flexibility index (Phi) is 6.47. The lowest BCUT2D eigenvalue weighted by Gasteiger charge is -1.85. The average Bonchev–Trinajstić information content (AvgIpc) is 1.89. The summed E-state index contributed by atoms with van der Waals surface area (Å²) in [4.78, 5) is 9.73. The Morgan fingerprint density at radius 2 is 2.11 bits per heavy atom. The van der Waals surface area contributed by atoms with Crippen molar-refractivity contribution in [3.8, 4) is 0 Å². The molecule has 1 nitrogen and oxygen atoms in total. The number of carbonyl (C=O) groups excluding carboxylic acids is 1. The zero-order valence-electron chi connectivity index (χ0n) is 5.55. The van der Waals surface area contributed by atoms with E-state index in [0.717, 1.165) is 25.5 Å². The molecule has 0 aliphatic carbocycles. The van der Waals surface area contributed by atoms with Crippen molar-refractivity contribution in [2.45, 2.75) is 19.3 Å². The Balaban J connectivity index is 2.98. The van der Waals surface area contributed by atoms with Gasteiger partial charge in [-0.15, -0.1) is 6.58 Å². The molecule has 0 bridgehead atoms. The number of aldehydes is 1. The predicted octanol–water partition coefficient (Wildman–Crippen LogP) is 2.10. The van der Waals surface area contributed by atoms with Gasteiger partial charge in [0.15, 0.2) is 0 Å². The molecule has 1 heteroatoms. The molecule has 0 saturated carbocycles. The maximum absolute atomic E-state index is 9.73. The predicted molar refractivity (Wildman–Crippen MR) is 39.3 cm³/mol. The van der Waals surface area contributed by atoms with Crippen LogP contribution in [-0.4, -0.2) is 6.29 Å². The molecule has 0 aromatic heterocycles. The fraction of sp³-hybridized carbons (Fsp3) is 0.375. The second-order valence-electron chi connectivity index (χ2n) is 1.78.